The first-order valence-corrected chi connectivity index (χ1v) is 9.15. The Labute approximate surface area is 129 Å². The fourth-order valence-corrected chi connectivity index (χ4v) is 5.90. The van der Waals surface area contributed by atoms with E-state index in [0.717, 1.165) is 11.8 Å². The van der Waals surface area contributed by atoms with Crippen molar-refractivity contribution in [2.75, 3.05) is 18.8 Å². The Kier molecular flexibility index (Phi) is 4.25. The van der Waals surface area contributed by atoms with Crippen molar-refractivity contribution in [3.05, 3.63) is 34.3 Å². The number of benzene rings is 1. The number of piperidine rings is 1. The van der Waals surface area contributed by atoms with E-state index >= 15 is 0 Å². The van der Waals surface area contributed by atoms with E-state index in [1.165, 1.54) is 41.6 Å². The van der Waals surface area contributed by atoms with Crippen LogP contribution in [0.2, 0.25) is 0 Å². The first-order valence-electron chi connectivity index (χ1n) is 7.31. The summed E-state index contributed by atoms with van der Waals surface area (Å²) in [5, 5.41) is 4.40. The lowest BCUT2D eigenvalue weighted by Gasteiger charge is -2.51. The van der Waals surface area contributed by atoms with Crippen LogP contribution in [0.25, 0.3) is 0 Å². The van der Waals surface area contributed by atoms with E-state index in [0.29, 0.717) is 11.3 Å². The number of thioether (sulfide) groups is 1. The summed E-state index contributed by atoms with van der Waals surface area (Å²) in [4.78, 5) is 0. The van der Waals surface area contributed by atoms with Crippen LogP contribution in [0.5, 0.6) is 0 Å². The molecule has 2 fully saturated rings. The highest BCUT2D eigenvalue weighted by Gasteiger charge is 2.47. The molecule has 0 bridgehead atoms. The minimum atomic E-state index is 0.498. The summed E-state index contributed by atoms with van der Waals surface area (Å²) in [6, 6.07) is 8.81. The number of nitrogens with one attached hydrogen (secondary N) is 1. The second kappa shape index (κ2) is 5.79. The first-order chi connectivity index (χ1) is 9.24. The topological polar surface area (TPSA) is 12.0 Å². The van der Waals surface area contributed by atoms with Gasteiger partial charge in [0.25, 0.3) is 0 Å². The zero-order valence-corrected chi connectivity index (χ0v) is 13.9. The van der Waals surface area contributed by atoms with Crippen molar-refractivity contribution in [1.29, 1.82) is 0 Å². The standard InChI is InChI=1S/C16H22BrNS/c1-12-16(7-4-10-19-12)8-9-18-11-14(16)13-5-2-3-6-15(13)17/h2-3,5-6,12,14,18H,4,7-11H2,1H3. The van der Waals surface area contributed by atoms with Crippen LogP contribution in [0, 0.1) is 5.41 Å². The predicted molar refractivity (Wildman–Crippen MR) is 88.0 cm³/mol. The zero-order valence-electron chi connectivity index (χ0n) is 11.5. The molecule has 3 unspecified atom stereocenters. The van der Waals surface area contributed by atoms with Crippen LogP contribution < -0.4 is 5.32 Å². The fourth-order valence-electron chi connectivity index (χ4n) is 3.94. The predicted octanol–water partition coefficient (Wildman–Crippen LogP) is 4.43. The molecule has 19 heavy (non-hydrogen) atoms. The van der Waals surface area contributed by atoms with Gasteiger partial charge in [0, 0.05) is 22.2 Å². The van der Waals surface area contributed by atoms with Gasteiger partial charge in [-0.05, 0) is 48.6 Å². The van der Waals surface area contributed by atoms with Crippen LogP contribution in [0.4, 0.5) is 0 Å². The molecule has 3 heteroatoms. The molecule has 3 atom stereocenters. The molecule has 1 spiro atoms. The van der Waals surface area contributed by atoms with Crippen LogP contribution in [0.15, 0.2) is 28.7 Å². The first kappa shape index (κ1) is 14.0. The summed E-state index contributed by atoms with van der Waals surface area (Å²) in [6.07, 6.45) is 4.11. The van der Waals surface area contributed by atoms with Gasteiger partial charge in [0.1, 0.15) is 0 Å². The molecule has 3 rings (SSSR count). The van der Waals surface area contributed by atoms with Crippen molar-refractivity contribution >= 4 is 27.7 Å². The number of halogens is 1. The van der Waals surface area contributed by atoms with E-state index in [9.17, 15) is 0 Å². The third kappa shape index (κ3) is 2.50. The maximum atomic E-state index is 3.77. The van der Waals surface area contributed by atoms with Crippen LogP contribution in [0.3, 0.4) is 0 Å². The Morgan fingerprint density at radius 1 is 1.32 bits per heavy atom. The fraction of sp³-hybridized carbons (Fsp3) is 0.625. The lowest BCUT2D eigenvalue weighted by atomic mass is 9.63. The van der Waals surface area contributed by atoms with E-state index in [-0.39, 0.29) is 0 Å². The van der Waals surface area contributed by atoms with Crippen molar-refractivity contribution in [2.24, 2.45) is 5.41 Å². The maximum absolute atomic E-state index is 3.77. The summed E-state index contributed by atoms with van der Waals surface area (Å²) in [6.45, 7) is 4.78. The summed E-state index contributed by atoms with van der Waals surface area (Å²) >= 11 is 5.95. The van der Waals surface area contributed by atoms with E-state index in [1.54, 1.807) is 0 Å². The van der Waals surface area contributed by atoms with Crippen molar-refractivity contribution in [1.82, 2.24) is 5.32 Å². The van der Waals surface area contributed by atoms with Gasteiger partial charge in [0.05, 0.1) is 0 Å². The molecule has 0 radical (unpaired) electrons. The minimum absolute atomic E-state index is 0.498. The Morgan fingerprint density at radius 2 is 2.16 bits per heavy atom. The number of hydrogen-bond donors (Lipinski definition) is 1. The van der Waals surface area contributed by atoms with E-state index in [2.05, 4.69) is 64.2 Å². The van der Waals surface area contributed by atoms with Gasteiger partial charge in [-0.2, -0.15) is 11.8 Å². The molecule has 0 aliphatic carbocycles. The molecule has 0 aromatic heterocycles. The Bertz CT molecular complexity index is 444. The van der Waals surface area contributed by atoms with Gasteiger partial charge in [-0.1, -0.05) is 41.1 Å². The second-order valence-corrected chi connectivity index (χ2v) is 8.18. The monoisotopic (exact) mass is 339 g/mol. The average molecular weight is 340 g/mol. The molecule has 2 aliphatic rings. The zero-order chi connectivity index (χ0) is 13.3. The van der Waals surface area contributed by atoms with Gasteiger partial charge in [-0.3, -0.25) is 0 Å². The highest BCUT2D eigenvalue weighted by molar-refractivity contribution is 9.10. The molecular weight excluding hydrogens is 318 g/mol. The van der Waals surface area contributed by atoms with Crippen LogP contribution >= 0.6 is 27.7 Å². The molecule has 0 amide bonds. The lowest BCUT2D eigenvalue weighted by Crippen LogP contribution is -2.50. The Balaban J connectivity index is 1.99. The normalized spacial score (nSPS) is 35.5. The quantitative estimate of drug-likeness (QED) is 0.812. The maximum Gasteiger partial charge on any atom is 0.0210 e. The van der Waals surface area contributed by atoms with Crippen molar-refractivity contribution < 1.29 is 0 Å². The van der Waals surface area contributed by atoms with E-state index < -0.39 is 0 Å². The van der Waals surface area contributed by atoms with Gasteiger partial charge in [-0.15, -0.1) is 0 Å². The number of hydrogen-bond acceptors (Lipinski definition) is 2. The summed E-state index contributed by atoms with van der Waals surface area (Å²) in [7, 11) is 0. The molecular formula is C16H22BrNS. The van der Waals surface area contributed by atoms with E-state index in [4.69, 9.17) is 0 Å². The second-order valence-electron chi connectivity index (χ2n) is 5.88. The molecule has 1 aromatic carbocycles. The molecule has 104 valence electrons. The molecule has 2 aliphatic heterocycles. The number of rotatable bonds is 1. The molecule has 1 N–H and O–H groups in total. The Hall–Kier alpha value is 0.01000. The largest absolute Gasteiger partial charge is 0.316 e. The van der Waals surface area contributed by atoms with Gasteiger partial charge in [0.2, 0.25) is 0 Å². The molecule has 2 heterocycles. The summed E-state index contributed by atoms with van der Waals surface area (Å²) < 4.78 is 1.28. The molecule has 0 saturated carbocycles. The third-order valence-corrected chi connectivity index (χ3v) is 7.27. The molecule has 1 aromatic rings. The van der Waals surface area contributed by atoms with Gasteiger partial charge < -0.3 is 5.32 Å². The smallest absolute Gasteiger partial charge is 0.0210 e. The van der Waals surface area contributed by atoms with Crippen LogP contribution in [0.1, 0.15) is 37.7 Å². The van der Waals surface area contributed by atoms with Gasteiger partial charge in [0.15, 0.2) is 0 Å². The van der Waals surface area contributed by atoms with Crippen LogP contribution in [-0.2, 0) is 0 Å². The third-order valence-electron chi connectivity index (χ3n) is 5.05. The van der Waals surface area contributed by atoms with Crippen molar-refractivity contribution in [3.63, 3.8) is 0 Å². The van der Waals surface area contributed by atoms with Gasteiger partial charge >= 0.3 is 0 Å². The van der Waals surface area contributed by atoms with Crippen molar-refractivity contribution in [2.45, 2.75) is 37.4 Å². The molecule has 1 nitrogen and oxygen atoms in total. The Morgan fingerprint density at radius 3 is 2.95 bits per heavy atom. The van der Waals surface area contributed by atoms with Crippen molar-refractivity contribution in [3.8, 4) is 0 Å². The summed E-state index contributed by atoms with van der Waals surface area (Å²) in [5.41, 5.74) is 2.00. The highest BCUT2D eigenvalue weighted by Crippen LogP contribution is 2.54. The minimum Gasteiger partial charge on any atom is -0.316 e. The SMILES string of the molecule is CC1SCCCC12CCNCC2c1ccccc1Br. The highest BCUT2D eigenvalue weighted by atomic mass is 79.9. The average Bonchev–Trinajstić information content (AvgIpc) is 2.44. The summed E-state index contributed by atoms with van der Waals surface area (Å²) in [5.74, 6) is 2.00. The lowest BCUT2D eigenvalue weighted by molar-refractivity contribution is 0.141. The van der Waals surface area contributed by atoms with E-state index in [1.807, 2.05) is 0 Å². The molecule has 2 saturated heterocycles. The van der Waals surface area contributed by atoms with Crippen LogP contribution in [-0.4, -0.2) is 24.1 Å². The van der Waals surface area contributed by atoms with Gasteiger partial charge in [-0.25, -0.2) is 0 Å².